The summed E-state index contributed by atoms with van der Waals surface area (Å²) in [5, 5.41) is 5.43. The molecule has 0 spiro atoms. The molecule has 1 atom stereocenters. The number of hydrogen-bond acceptors (Lipinski definition) is 4. The van der Waals surface area contributed by atoms with E-state index in [4.69, 9.17) is 9.72 Å². The van der Waals surface area contributed by atoms with Gasteiger partial charge in [-0.25, -0.2) is 9.67 Å². The number of pyridine rings is 1. The zero-order valence-corrected chi connectivity index (χ0v) is 17.6. The molecule has 0 radical (unpaired) electrons. The minimum Gasteiger partial charge on any atom is -0.372 e. The number of carbonyl (C=O) groups is 1. The second kappa shape index (κ2) is 7.69. The van der Waals surface area contributed by atoms with Crippen LogP contribution in [-0.4, -0.2) is 71.0 Å². The maximum atomic E-state index is 13.5. The quantitative estimate of drug-likeness (QED) is 0.827. The second-order valence-electron chi connectivity index (χ2n) is 9.17. The van der Waals surface area contributed by atoms with Crippen LogP contribution in [0, 0.1) is 0 Å². The number of fused-ring (bicyclic) bond motifs is 1. The van der Waals surface area contributed by atoms with Crippen molar-refractivity contribution < 1.29 is 14.4 Å². The molecule has 2 aromatic heterocycles. The standard InChI is InChI=1S/C22H31N5O2/c1-15(2)27-21-19(13-23-27)18(12-20(24-21)16-5-6-16)22(28)26-9-7-25(8-10-26)14-17-4-3-11-29-17/h12-13,15-17H,3-11,14H2,1-2H3/p+1/t17-/m0/s1. The molecule has 2 aromatic rings. The van der Waals surface area contributed by atoms with E-state index in [-0.39, 0.29) is 11.9 Å². The fourth-order valence-electron chi connectivity index (χ4n) is 4.71. The lowest BCUT2D eigenvalue weighted by Crippen LogP contribution is -3.15. The molecular weight excluding hydrogens is 366 g/mol. The van der Waals surface area contributed by atoms with Gasteiger partial charge in [-0.2, -0.15) is 5.10 Å². The molecule has 1 aliphatic carbocycles. The number of nitrogens with zero attached hydrogens (tertiary/aromatic N) is 4. The summed E-state index contributed by atoms with van der Waals surface area (Å²) < 4.78 is 7.74. The Morgan fingerprint density at radius 3 is 2.72 bits per heavy atom. The molecule has 2 aliphatic heterocycles. The molecule has 5 rings (SSSR count). The van der Waals surface area contributed by atoms with Crippen molar-refractivity contribution >= 4 is 16.9 Å². The number of aromatic nitrogens is 3. The third-order valence-corrected chi connectivity index (χ3v) is 6.60. The van der Waals surface area contributed by atoms with Crippen LogP contribution in [0.15, 0.2) is 12.3 Å². The van der Waals surface area contributed by atoms with E-state index in [0.29, 0.717) is 12.0 Å². The maximum Gasteiger partial charge on any atom is 0.255 e. The monoisotopic (exact) mass is 398 g/mol. The maximum absolute atomic E-state index is 13.5. The van der Waals surface area contributed by atoms with E-state index in [0.717, 1.165) is 61.6 Å². The average Bonchev–Trinajstić information content (AvgIpc) is 3.28. The summed E-state index contributed by atoms with van der Waals surface area (Å²) in [5.74, 6) is 0.646. The number of nitrogens with one attached hydrogen (secondary N) is 1. The highest BCUT2D eigenvalue weighted by molar-refractivity contribution is 6.05. The molecule has 1 saturated carbocycles. The van der Waals surface area contributed by atoms with Gasteiger partial charge < -0.3 is 14.5 Å². The molecule has 4 heterocycles. The molecule has 2 saturated heterocycles. The highest BCUT2D eigenvalue weighted by Crippen LogP contribution is 2.40. The minimum atomic E-state index is 0.138. The molecule has 1 N–H and O–H groups in total. The van der Waals surface area contributed by atoms with Crippen molar-refractivity contribution in [1.29, 1.82) is 0 Å². The van der Waals surface area contributed by atoms with E-state index < -0.39 is 0 Å². The lowest BCUT2D eigenvalue weighted by atomic mass is 10.1. The number of amides is 1. The van der Waals surface area contributed by atoms with Crippen LogP contribution in [0.25, 0.3) is 11.0 Å². The molecule has 0 bridgehead atoms. The van der Waals surface area contributed by atoms with Gasteiger partial charge >= 0.3 is 0 Å². The summed E-state index contributed by atoms with van der Waals surface area (Å²) in [7, 11) is 0. The Labute approximate surface area is 172 Å². The molecule has 0 aromatic carbocycles. The van der Waals surface area contributed by atoms with E-state index in [1.165, 1.54) is 25.7 Å². The summed E-state index contributed by atoms with van der Waals surface area (Å²) in [6.07, 6.45) is 6.96. The molecule has 3 fully saturated rings. The fourth-order valence-corrected chi connectivity index (χ4v) is 4.71. The van der Waals surface area contributed by atoms with Crippen molar-refractivity contribution in [3.05, 3.63) is 23.5 Å². The molecule has 7 heteroatoms. The van der Waals surface area contributed by atoms with Crippen molar-refractivity contribution in [1.82, 2.24) is 19.7 Å². The van der Waals surface area contributed by atoms with Gasteiger partial charge in [0.1, 0.15) is 12.6 Å². The Hall–Kier alpha value is -1.99. The van der Waals surface area contributed by atoms with E-state index >= 15 is 0 Å². The first-order valence-electron chi connectivity index (χ1n) is 11.2. The summed E-state index contributed by atoms with van der Waals surface area (Å²) in [6, 6.07) is 2.27. The lowest BCUT2D eigenvalue weighted by Gasteiger charge is -2.33. The van der Waals surface area contributed by atoms with Gasteiger partial charge in [0.25, 0.3) is 5.91 Å². The van der Waals surface area contributed by atoms with Crippen molar-refractivity contribution in [3.8, 4) is 0 Å². The third-order valence-electron chi connectivity index (χ3n) is 6.60. The molecule has 29 heavy (non-hydrogen) atoms. The van der Waals surface area contributed by atoms with Crippen LogP contribution in [0.4, 0.5) is 0 Å². The van der Waals surface area contributed by atoms with Crippen molar-refractivity contribution in [2.45, 2.75) is 57.6 Å². The molecule has 156 valence electrons. The number of hydrogen-bond donors (Lipinski definition) is 1. The van der Waals surface area contributed by atoms with Gasteiger partial charge in [0.2, 0.25) is 0 Å². The largest absolute Gasteiger partial charge is 0.372 e. The third kappa shape index (κ3) is 3.78. The van der Waals surface area contributed by atoms with Crippen LogP contribution in [0.2, 0.25) is 0 Å². The van der Waals surface area contributed by atoms with Crippen LogP contribution >= 0.6 is 0 Å². The molecule has 7 nitrogen and oxygen atoms in total. The minimum absolute atomic E-state index is 0.138. The average molecular weight is 399 g/mol. The first-order valence-corrected chi connectivity index (χ1v) is 11.2. The van der Waals surface area contributed by atoms with Gasteiger partial charge in [-0.15, -0.1) is 0 Å². The predicted octanol–water partition coefficient (Wildman–Crippen LogP) is 1.41. The number of rotatable bonds is 5. The van der Waals surface area contributed by atoms with Gasteiger partial charge in [0, 0.05) is 24.3 Å². The second-order valence-corrected chi connectivity index (χ2v) is 9.17. The molecule has 3 aliphatic rings. The number of piperazine rings is 1. The zero-order chi connectivity index (χ0) is 20.0. The van der Waals surface area contributed by atoms with E-state index in [1.807, 2.05) is 21.8 Å². The van der Waals surface area contributed by atoms with Crippen LogP contribution in [-0.2, 0) is 4.74 Å². The summed E-state index contributed by atoms with van der Waals surface area (Å²) in [6.45, 7) is 9.82. The van der Waals surface area contributed by atoms with Crippen LogP contribution in [0.1, 0.15) is 67.5 Å². The van der Waals surface area contributed by atoms with Gasteiger partial charge in [-0.1, -0.05) is 0 Å². The molecular formula is C22H32N5O2+. The topological polar surface area (TPSA) is 64.7 Å². The summed E-state index contributed by atoms with van der Waals surface area (Å²) >= 11 is 0. The Balaban J connectivity index is 1.35. The smallest absolute Gasteiger partial charge is 0.255 e. The Kier molecular flexibility index (Phi) is 5.04. The van der Waals surface area contributed by atoms with Crippen molar-refractivity contribution in [2.75, 3.05) is 39.3 Å². The highest BCUT2D eigenvalue weighted by atomic mass is 16.5. The van der Waals surface area contributed by atoms with Gasteiger partial charge in [-0.05, 0) is 45.6 Å². The molecule has 1 amide bonds. The first kappa shape index (κ1) is 19.0. The van der Waals surface area contributed by atoms with Crippen LogP contribution in [0.3, 0.4) is 0 Å². The normalized spacial score (nSPS) is 23.4. The van der Waals surface area contributed by atoms with Gasteiger partial charge in [-0.3, -0.25) is 4.79 Å². The van der Waals surface area contributed by atoms with Crippen molar-refractivity contribution in [3.63, 3.8) is 0 Å². The zero-order valence-electron chi connectivity index (χ0n) is 17.6. The van der Waals surface area contributed by atoms with E-state index in [9.17, 15) is 4.79 Å². The lowest BCUT2D eigenvalue weighted by molar-refractivity contribution is -0.906. The SMILES string of the molecule is CC(C)n1ncc2c(C(=O)N3CC[NH+](C[C@@H]4CCCO4)CC3)cc(C3CC3)nc21. The van der Waals surface area contributed by atoms with E-state index in [2.05, 4.69) is 18.9 Å². The van der Waals surface area contributed by atoms with Crippen molar-refractivity contribution in [2.24, 2.45) is 0 Å². The fraction of sp³-hybridized carbons (Fsp3) is 0.682. The first-order chi connectivity index (χ1) is 14.1. The Bertz CT molecular complexity index is 890. The number of carbonyl (C=O) groups excluding carboxylic acids is 1. The van der Waals surface area contributed by atoms with E-state index in [1.54, 1.807) is 4.90 Å². The summed E-state index contributed by atoms with van der Waals surface area (Å²) in [4.78, 5) is 21.9. The highest BCUT2D eigenvalue weighted by Gasteiger charge is 2.32. The summed E-state index contributed by atoms with van der Waals surface area (Å²) in [5.41, 5.74) is 2.70. The van der Waals surface area contributed by atoms with Gasteiger partial charge in [0.15, 0.2) is 5.65 Å². The molecule has 0 unspecified atom stereocenters. The Morgan fingerprint density at radius 2 is 2.07 bits per heavy atom. The van der Waals surface area contributed by atoms with Crippen LogP contribution in [0.5, 0.6) is 0 Å². The van der Waals surface area contributed by atoms with Crippen LogP contribution < -0.4 is 4.90 Å². The van der Waals surface area contributed by atoms with Gasteiger partial charge in [0.05, 0.1) is 43.3 Å². The number of quaternary nitrogens is 1. The number of ether oxygens (including phenoxy) is 1. The Morgan fingerprint density at radius 1 is 1.28 bits per heavy atom. The predicted molar refractivity (Wildman–Crippen MR) is 110 cm³/mol.